The van der Waals surface area contributed by atoms with Gasteiger partial charge in [-0.2, -0.15) is 0 Å². The van der Waals surface area contributed by atoms with Crippen molar-refractivity contribution in [3.63, 3.8) is 0 Å². The molecule has 5 heteroatoms. The normalized spacial score (nSPS) is 21.8. The van der Waals surface area contributed by atoms with Gasteiger partial charge in [-0.3, -0.25) is 9.88 Å². The van der Waals surface area contributed by atoms with E-state index >= 15 is 0 Å². The predicted molar refractivity (Wildman–Crippen MR) is 90.1 cm³/mol. The average Bonchev–Trinajstić information content (AvgIpc) is 2.59. The third kappa shape index (κ3) is 3.80. The van der Waals surface area contributed by atoms with Crippen LogP contribution >= 0.6 is 0 Å². The van der Waals surface area contributed by atoms with Crippen LogP contribution in [-0.4, -0.2) is 46.9 Å². The molecular weight excluding hydrogens is 307 g/mol. The van der Waals surface area contributed by atoms with E-state index in [4.69, 9.17) is 4.74 Å². The molecule has 1 aromatic heterocycles. The smallest absolute Gasteiger partial charge is 0.126 e. The number of hydrogen-bond acceptors (Lipinski definition) is 4. The van der Waals surface area contributed by atoms with Crippen molar-refractivity contribution in [2.75, 3.05) is 26.3 Å². The fraction of sp³-hybridized carbons (Fsp3) is 0.421. The van der Waals surface area contributed by atoms with Crippen molar-refractivity contribution in [1.29, 1.82) is 0 Å². The molecule has 1 aliphatic heterocycles. The highest BCUT2D eigenvalue weighted by molar-refractivity contribution is 5.22. The van der Waals surface area contributed by atoms with Crippen LogP contribution in [0, 0.1) is 12.7 Å². The number of aromatic nitrogens is 1. The third-order valence-electron chi connectivity index (χ3n) is 4.62. The van der Waals surface area contributed by atoms with Gasteiger partial charge in [-0.25, -0.2) is 4.39 Å². The maximum absolute atomic E-state index is 14.0. The summed E-state index contributed by atoms with van der Waals surface area (Å²) in [5.74, 6) is -0.254. The lowest BCUT2D eigenvalue weighted by Crippen LogP contribution is -2.55. The number of ether oxygens (including phenoxy) is 1. The lowest BCUT2D eigenvalue weighted by Gasteiger charge is -2.42. The molecule has 1 N–H and O–H groups in total. The van der Waals surface area contributed by atoms with Gasteiger partial charge in [0.25, 0.3) is 0 Å². The first-order chi connectivity index (χ1) is 11.6. The van der Waals surface area contributed by atoms with Gasteiger partial charge in [0.15, 0.2) is 0 Å². The molecule has 4 nitrogen and oxygen atoms in total. The Morgan fingerprint density at radius 2 is 2.12 bits per heavy atom. The number of halogens is 1. The molecule has 0 bridgehead atoms. The van der Waals surface area contributed by atoms with Gasteiger partial charge in [0, 0.05) is 38.4 Å². The highest BCUT2D eigenvalue weighted by atomic mass is 19.1. The molecule has 0 radical (unpaired) electrons. The van der Waals surface area contributed by atoms with Crippen molar-refractivity contribution in [3.8, 4) is 0 Å². The van der Waals surface area contributed by atoms with E-state index in [9.17, 15) is 9.50 Å². The summed E-state index contributed by atoms with van der Waals surface area (Å²) in [6.07, 6.45) is 4.01. The Hall–Kier alpha value is -1.82. The van der Waals surface area contributed by atoms with Gasteiger partial charge in [-0.1, -0.05) is 18.2 Å². The molecule has 2 heterocycles. The highest BCUT2D eigenvalue weighted by Gasteiger charge is 2.37. The van der Waals surface area contributed by atoms with E-state index in [0.717, 1.165) is 18.7 Å². The van der Waals surface area contributed by atoms with E-state index in [2.05, 4.69) is 9.88 Å². The fourth-order valence-corrected chi connectivity index (χ4v) is 3.23. The number of morpholine rings is 1. The summed E-state index contributed by atoms with van der Waals surface area (Å²) in [5.41, 5.74) is 2.17. The minimum absolute atomic E-state index is 0.132. The first-order valence-corrected chi connectivity index (χ1v) is 8.22. The summed E-state index contributed by atoms with van der Waals surface area (Å²) in [6.45, 7) is 4.57. The van der Waals surface area contributed by atoms with E-state index in [1.807, 2.05) is 25.3 Å². The minimum Gasteiger partial charge on any atom is -0.393 e. The first kappa shape index (κ1) is 17.0. The Labute approximate surface area is 141 Å². The van der Waals surface area contributed by atoms with Crippen molar-refractivity contribution in [3.05, 3.63) is 65.2 Å². The summed E-state index contributed by atoms with van der Waals surface area (Å²) in [5, 5.41) is 9.95. The number of rotatable bonds is 5. The lowest BCUT2D eigenvalue weighted by molar-refractivity contribution is -0.134. The molecule has 0 spiro atoms. The van der Waals surface area contributed by atoms with E-state index in [-0.39, 0.29) is 12.4 Å². The molecular formula is C19H23FN2O2. The number of nitrogens with zero attached hydrogens (tertiary/aromatic N) is 2. The van der Waals surface area contributed by atoms with Gasteiger partial charge < -0.3 is 9.84 Å². The molecule has 0 saturated carbocycles. The van der Waals surface area contributed by atoms with Gasteiger partial charge in [0.05, 0.1) is 13.2 Å². The molecule has 1 atom stereocenters. The largest absolute Gasteiger partial charge is 0.393 e. The molecule has 128 valence electrons. The second-order valence-corrected chi connectivity index (χ2v) is 6.47. The number of aryl methyl sites for hydroxylation is 1. The SMILES string of the molecule is Cc1cnccc1CN1CCOC(CO)(Cc2ccccc2F)C1. The van der Waals surface area contributed by atoms with E-state index in [0.29, 0.717) is 25.1 Å². The Morgan fingerprint density at radius 1 is 1.29 bits per heavy atom. The molecule has 2 aromatic rings. The van der Waals surface area contributed by atoms with Crippen LogP contribution in [0.3, 0.4) is 0 Å². The number of pyridine rings is 1. The molecule has 1 unspecified atom stereocenters. The monoisotopic (exact) mass is 330 g/mol. The van der Waals surface area contributed by atoms with Crippen LogP contribution in [-0.2, 0) is 17.7 Å². The maximum Gasteiger partial charge on any atom is 0.126 e. The molecule has 1 aromatic carbocycles. The van der Waals surface area contributed by atoms with Crippen molar-refractivity contribution >= 4 is 0 Å². The summed E-state index contributed by atoms with van der Waals surface area (Å²) in [6, 6.07) is 8.70. The van der Waals surface area contributed by atoms with Crippen LogP contribution in [0.15, 0.2) is 42.7 Å². The third-order valence-corrected chi connectivity index (χ3v) is 4.62. The predicted octanol–water partition coefficient (Wildman–Crippen LogP) is 2.34. The second-order valence-electron chi connectivity index (χ2n) is 6.47. The zero-order valence-electron chi connectivity index (χ0n) is 13.9. The Kier molecular flexibility index (Phi) is 5.23. The average molecular weight is 330 g/mol. The van der Waals surface area contributed by atoms with Gasteiger partial charge in [0.1, 0.15) is 11.4 Å². The topological polar surface area (TPSA) is 45.6 Å². The zero-order chi connectivity index (χ0) is 17.0. The van der Waals surface area contributed by atoms with Crippen LogP contribution in [0.25, 0.3) is 0 Å². The summed E-state index contributed by atoms with van der Waals surface area (Å²) >= 11 is 0. The molecule has 24 heavy (non-hydrogen) atoms. The summed E-state index contributed by atoms with van der Waals surface area (Å²) in [7, 11) is 0. The van der Waals surface area contributed by atoms with Crippen molar-refractivity contribution < 1.29 is 14.2 Å². The van der Waals surface area contributed by atoms with Crippen molar-refractivity contribution in [1.82, 2.24) is 9.88 Å². The molecule has 0 amide bonds. The van der Waals surface area contributed by atoms with Crippen LogP contribution in [0.5, 0.6) is 0 Å². The molecule has 1 fully saturated rings. The van der Waals surface area contributed by atoms with Gasteiger partial charge >= 0.3 is 0 Å². The fourth-order valence-electron chi connectivity index (χ4n) is 3.23. The number of benzene rings is 1. The van der Waals surface area contributed by atoms with E-state index in [1.54, 1.807) is 18.3 Å². The van der Waals surface area contributed by atoms with Gasteiger partial charge in [-0.15, -0.1) is 0 Å². The molecule has 1 saturated heterocycles. The quantitative estimate of drug-likeness (QED) is 0.914. The Morgan fingerprint density at radius 3 is 2.88 bits per heavy atom. The van der Waals surface area contributed by atoms with E-state index in [1.165, 1.54) is 11.6 Å². The van der Waals surface area contributed by atoms with E-state index < -0.39 is 5.60 Å². The van der Waals surface area contributed by atoms with Crippen LogP contribution in [0.1, 0.15) is 16.7 Å². The van der Waals surface area contributed by atoms with Gasteiger partial charge in [-0.05, 0) is 35.7 Å². The van der Waals surface area contributed by atoms with Crippen molar-refractivity contribution in [2.24, 2.45) is 0 Å². The summed E-state index contributed by atoms with van der Waals surface area (Å²) in [4.78, 5) is 6.38. The first-order valence-electron chi connectivity index (χ1n) is 8.22. The van der Waals surface area contributed by atoms with Crippen LogP contribution in [0.4, 0.5) is 4.39 Å². The minimum atomic E-state index is -0.763. The Balaban J connectivity index is 1.74. The number of aliphatic hydroxyl groups is 1. The highest BCUT2D eigenvalue weighted by Crippen LogP contribution is 2.25. The van der Waals surface area contributed by atoms with Crippen LogP contribution in [0.2, 0.25) is 0 Å². The lowest BCUT2D eigenvalue weighted by atomic mass is 9.92. The van der Waals surface area contributed by atoms with Gasteiger partial charge in [0.2, 0.25) is 0 Å². The van der Waals surface area contributed by atoms with Crippen molar-refractivity contribution in [2.45, 2.75) is 25.5 Å². The standard InChI is InChI=1S/C19H23FN2O2/c1-15-11-21-7-6-17(15)12-22-8-9-24-19(13-22,14-23)10-16-4-2-3-5-18(16)20/h2-7,11,23H,8-10,12-14H2,1H3. The Bertz CT molecular complexity index is 695. The summed E-state index contributed by atoms with van der Waals surface area (Å²) < 4.78 is 19.9. The molecule has 0 aliphatic carbocycles. The van der Waals surface area contributed by atoms with Crippen LogP contribution < -0.4 is 0 Å². The number of aliphatic hydroxyl groups excluding tert-OH is 1. The molecule has 3 rings (SSSR count). The zero-order valence-corrected chi connectivity index (χ0v) is 13.9. The maximum atomic E-state index is 14.0. The number of hydrogen-bond donors (Lipinski definition) is 1. The molecule has 1 aliphatic rings. The second kappa shape index (κ2) is 7.38.